The number of halogens is 1. The Bertz CT molecular complexity index is 666. The van der Waals surface area contributed by atoms with Gasteiger partial charge < -0.3 is 9.52 Å². The minimum Gasteiger partial charge on any atom is -0.444 e. The molecule has 0 aliphatic carbocycles. The highest BCUT2D eigenvalue weighted by atomic mass is 35.5. The first-order valence-corrected chi connectivity index (χ1v) is 7.72. The largest absolute Gasteiger partial charge is 0.444 e. The molecule has 0 saturated heterocycles. The third-order valence-electron chi connectivity index (χ3n) is 2.39. The van der Waals surface area contributed by atoms with Crippen LogP contribution in [-0.2, 0) is 15.6 Å². The molecule has 0 radical (unpaired) electrons. The summed E-state index contributed by atoms with van der Waals surface area (Å²) < 4.78 is 28.3. The van der Waals surface area contributed by atoms with Crippen molar-refractivity contribution in [2.24, 2.45) is 0 Å². The Labute approximate surface area is 115 Å². The molecule has 0 saturated carbocycles. The SMILES string of the molecule is O=S(=O)(CCO)Cc1coc(-c2cccc(Cl)c2)n1. The van der Waals surface area contributed by atoms with Crippen LogP contribution in [0.4, 0.5) is 0 Å². The first-order chi connectivity index (χ1) is 9.00. The van der Waals surface area contributed by atoms with Gasteiger partial charge in [-0.2, -0.15) is 0 Å². The van der Waals surface area contributed by atoms with Gasteiger partial charge in [-0.1, -0.05) is 17.7 Å². The summed E-state index contributed by atoms with van der Waals surface area (Å²) in [5.74, 6) is -0.221. The molecule has 1 aromatic heterocycles. The number of hydrogen-bond acceptors (Lipinski definition) is 5. The Balaban J connectivity index is 2.20. The second-order valence-electron chi connectivity index (χ2n) is 3.97. The summed E-state index contributed by atoms with van der Waals surface area (Å²) in [5.41, 5.74) is 0.988. The van der Waals surface area contributed by atoms with Gasteiger partial charge in [0, 0.05) is 10.6 Å². The molecule has 102 valence electrons. The van der Waals surface area contributed by atoms with E-state index in [2.05, 4.69) is 4.98 Å². The summed E-state index contributed by atoms with van der Waals surface area (Å²) in [4.78, 5) is 4.10. The van der Waals surface area contributed by atoms with E-state index in [1.54, 1.807) is 24.3 Å². The monoisotopic (exact) mass is 301 g/mol. The van der Waals surface area contributed by atoms with E-state index in [0.717, 1.165) is 0 Å². The summed E-state index contributed by atoms with van der Waals surface area (Å²) in [5, 5.41) is 9.20. The molecular formula is C12H12ClNO4S. The van der Waals surface area contributed by atoms with Gasteiger partial charge in [0.25, 0.3) is 0 Å². The Morgan fingerprint density at radius 1 is 1.37 bits per heavy atom. The third kappa shape index (κ3) is 3.79. The van der Waals surface area contributed by atoms with E-state index < -0.39 is 16.4 Å². The van der Waals surface area contributed by atoms with Gasteiger partial charge in [-0.3, -0.25) is 0 Å². The quantitative estimate of drug-likeness (QED) is 0.912. The van der Waals surface area contributed by atoms with Crippen LogP contribution in [-0.4, -0.2) is 30.9 Å². The molecule has 0 unspecified atom stereocenters. The minimum absolute atomic E-state index is 0.252. The second-order valence-corrected chi connectivity index (χ2v) is 6.59. The summed E-state index contributed by atoms with van der Waals surface area (Å²) in [7, 11) is -3.36. The minimum atomic E-state index is -3.36. The van der Waals surface area contributed by atoms with Crippen LogP contribution in [0.5, 0.6) is 0 Å². The van der Waals surface area contributed by atoms with Crippen LogP contribution in [0.15, 0.2) is 34.9 Å². The van der Waals surface area contributed by atoms with E-state index >= 15 is 0 Å². The zero-order valence-electron chi connectivity index (χ0n) is 9.91. The normalized spacial score (nSPS) is 11.7. The van der Waals surface area contributed by atoms with Gasteiger partial charge in [-0.05, 0) is 18.2 Å². The van der Waals surface area contributed by atoms with Gasteiger partial charge in [0.2, 0.25) is 5.89 Å². The second kappa shape index (κ2) is 5.73. The maximum atomic E-state index is 11.5. The summed E-state index contributed by atoms with van der Waals surface area (Å²) in [6.07, 6.45) is 1.30. The van der Waals surface area contributed by atoms with Crippen molar-refractivity contribution in [3.8, 4) is 11.5 Å². The molecule has 0 atom stereocenters. The molecule has 0 aliphatic heterocycles. The predicted molar refractivity (Wildman–Crippen MR) is 71.5 cm³/mol. The van der Waals surface area contributed by atoms with Crippen molar-refractivity contribution in [2.75, 3.05) is 12.4 Å². The lowest BCUT2D eigenvalue weighted by Gasteiger charge is -1.98. The van der Waals surface area contributed by atoms with Crippen LogP contribution in [0.25, 0.3) is 11.5 Å². The first-order valence-electron chi connectivity index (χ1n) is 5.52. The molecule has 1 heterocycles. The van der Waals surface area contributed by atoms with E-state index in [0.29, 0.717) is 22.2 Å². The van der Waals surface area contributed by atoms with Crippen molar-refractivity contribution in [3.63, 3.8) is 0 Å². The average molecular weight is 302 g/mol. The van der Waals surface area contributed by atoms with E-state index in [9.17, 15) is 8.42 Å². The Kier molecular flexibility index (Phi) is 4.24. The molecule has 1 N–H and O–H groups in total. The lowest BCUT2D eigenvalue weighted by molar-refractivity contribution is 0.319. The third-order valence-corrected chi connectivity index (χ3v) is 4.17. The maximum Gasteiger partial charge on any atom is 0.226 e. The number of hydrogen-bond donors (Lipinski definition) is 1. The fourth-order valence-corrected chi connectivity index (χ4v) is 2.76. The lowest BCUT2D eigenvalue weighted by atomic mass is 10.2. The lowest BCUT2D eigenvalue weighted by Crippen LogP contribution is -2.12. The van der Waals surface area contributed by atoms with Crippen molar-refractivity contribution >= 4 is 21.4 Å². The van der Waals surface area contributed by atoms with E-state index in [-0.39, 0.29) is 11.5 Å². The van der Waals surface area contributed by atoms with Crippen LogP contribution in [0.2, 0.25) is 5.02 Å². The van der Waals surface area contributed by atoms with Gasteiger partial charge in [-0.25, -0.2) is 13.4 Å². The molecule has 5 nitrogen and oxygen atoms in total. The standard InChI is InChI=1S/C12H12ClNO4S/c13-10-3-1-2-9(6-10)12-14-11(7-18-12)8-19(16,17)5-4-15/h1-3,6-7,15H,4-5,8H2. The van der Waals surface area contributed by atoms with E-state index in [4.69, 9.17) is 21.1 Å². The molecular weight excluding hydrogens is 290 g/mol. The number of oxazole rings is 1. The molecule has 7 heteroatoms. The molecule has 1 aromatic carbocycles. The topological polar surface area (TPSA) is 80.4 Å². The summed E-state index contributed by atoms with van der Waals surface area (Å²) >= 11 is 5.86. The van der Waals surface area contributed by atoms with Crippen molar-refractivity contribution in [3.05, 3.63) is 41.2 Å². The Morgan fingerprint density at radius 2 is 2.16 bits per heavy atom. The molecule has 0 fully saturated rings. The molecule has 0 amide bonds. The highest BCUT2D eigenvalue weighted by Gasteiger charge is 2.15. The Morgan fingerprint density at radius 3 is 2.84 bits per heavy atom. The van der Waals surface area contributed by atoms with Gasteiger partial charge >= 0.3 is 0 Å². The highest BCUT2D eigenvalue weighted by Crippen LogP contribution is 2.22. The van der Waals surface area contributed by atoms with Crippen molar-refractivity contribution in [1.82, 2.24) is 4.98 Å². The molecule has 0 aliphatic rings. The van der Waals surface area contributed by atoms with E-state index in [1.807, 2.05) is 0 Å². The zero-order chi connectivity index (χ0) is 13.9. The highest BCUT2D eigenvalue weighted by molar-refractivity contribution is 7.90. The van der Waals surface area contributed by atoms with Crippen LogP contribution >= 0.6 is 11.6 Å². The van der Waals surface area contributed by atoms with Crippen molar-refractivity contribution < 1.29 is 17.9 Å². The number of aliphatic hydroxyl groups excluding tert-OH is 1. The fraction of sp³-hybridized carbons (Fsp3) is 0.250. The van der Waals surface area contributed by atoms with Crippen LogP contribution < -0.4 is 0 Å². The molecule has 2 rings (SSSR count). The predicted octanol–water partition coefficient (Wildman–Crippen LogP) is 1.90. The van der Waals surface area contributed by atoms with Crippen LogP contribution in [0.1, 0.15) is 5.69 Å². The number of aliphatic hydroxyl groups is 1. The smallest absolute Gasteiger partial charge is 0.226 e. The summed E-state index contributed by atoms with van der Waals surface area (Å²) in [6.45, 7) is -0.401. The van der Waals surface area contributed by atoms with Crippen molar-refractivity contribution in [1.29, 1.82) is 0 Å². The van der Waals surface area contributed by atoms with Crippen molar-refractivity contribution in [2.45, 2.75) is 5.75 Å². The zero-order valence-corrected chi connectivity index (χ0v) is 11.5. The van der Waals surface area contributed by atoms with Crippen LogP contribution in [0.3, 0.4) is 0 Å². The van der Waals surface area contributed by atoms with Gasteiger partial charge in [0.15, 0.2) is 9.84 Å². The summed E-state index contributed by atoms with van der Waals surface area (Å²) in [6, 6.07) is 6.92. The van der Waals surface area contributed by atoms with Crippen LogP contribution in [0, 0.1) is 0 Å². The number of nitrogens with zero attached hydrogens (tertiary/aromatic N) is 1. The number of sulfone groups is 1. The Hall–Kier alpha value is -1.37. The molecule has 19 heavy (non-hydrogen) atoms. The van der Waals surface area contributed by atoms with Gasteiger partial charge in [0.1, 0.15) is 6.26 Å². The average Bonchev–Trinajstić information content (AvgIpc) is 2.76. The molecule has 0 bridgehead atoms. The number of rotatable bonds is 5. The maximum absolute atomic E-state index is 11.5. The number of benzene rings is 1. The molecule has 0 spiro atoms. The number of aromatic nitrogens is 1. The fourth-order valence-electron chi connectivity index (χ4n) is 1.56. The van der Waals surface area contributed by atoms with E-state index in [1.165, 1.54) is 6.26 Å². The van der Waals surface area contributed by atoms with Gasteiger partial charge in [-0.15, -0.1) is 0 Å². The first kappa shape index (κ1) is 14.0. The molecule has 2 aromatic rings. The van der Waals surface area contributed by atoms with Gasteiger partial charge in [0.05, 0.1) is 23.8 Å².